The van der Waals surface area contributed by atoms with Gasteiger partial charge in [0.05, 0.1) is 11.5 Å². The Bertz CT molecular complexity index is 463. The molecule has 6 heteroatoms. The van der Waals surface area contributed by atoms with Crippen LogP contribution in [0.25, 0.3) is 0 Å². The summed E-state index contributed by atoms with van der Waals surface area (Å²) in [6, 6.07) is 3.78. The van der Waals surface area contributed by atoms with E-state index in [1.807, 2.05) is 0 Å². The lowest BCUT2D eigenvalue weighted by Gasteiger charge is -2.08. The minimum absolute atomic E-state index is 0.104. The van der Waals surface area contributed by atoms with Crippen molar-refractivity contribution in [2.45, 2.75) is 13.3 Å². The summed E-state index contributed by atoms with van der Waals surface area (Å²) in [5.74, 6) is -2.76. The van der Waals surface area contributed by atoms with E-state index in [1.165, 1.54) is 19.1 Å². The fourth-order valence-corrected chi connectivity index (χ4v) is 1.34. The summed E-state index contributed by atoms with van der Waals surface area (Å²) < 4.78 is 13.4. The lowest BCUT2D eigenvalue weighted by molar-refractivity contribution is -0.141. The molecule has 0 spiro atoms. The summed E-state index contributed by atoms with van der Waals surface area (Å²) in [6.45, 7) is 1.72. The number of carbonyl (C=O) groups excluding carboxylic acids is 1. The molecule has 5 nitrogen and oxygen atoms in total. The average molecular weight is 254 g/mol. The van der Waals surface area contributed by atoms with Crippen molar-refractivity contribution in [1.29, 1.82) is 0 Å². The summed E-state index contributed by atoms with van der Waals surface area (Å²) in [7, 11) is 0. The number of halogens is 1. The molecule has 0 saturated heterocycles. The molecule has 0 aliphatic rings. The molecule has 98 valence electrons. The Morgan fingerprint density at radius 2 is 2.17 bits per heavy atom. The Balaban J connectivity index is 2.53. The summed E-state index contributed by atoms with van der Waals surface area (Å²) in [6.07, 6.45) is 0.289. The number of hydrogen-bond acceptors (Lipinski definition) is 3. The van der Waals surface area contributed by atoms with Crippen molar-refractivity contribution in [3.63, 3.8) is 0 Å². The van der Waals surface area contributed by atoms with Crippen molar-refractivity contribution < 1.29 is 19.1 Å². The number of nitrogens with one attached hydrogen (secondary N) is 1. The monoisotopic (exact) mass is 254 g/mol. The van der Waals surface area contributed by atoms with Crippen LogP contribution in [0.1, 0.15) is 23.7 Å². The number of carbonyl (C=O) groups is 2. The first-order valence-electron chi connectivity index (χ1n) is 5.48. The van der Waals surface area contributed by atoms with Crippen LogP contribution in [0.4, 0.5) is 10.1 Å². The summed E-state index contributed by atoms with van der Waals surface area (Å²) in [5.41, 5.74) is 5.50. The number of rotatable bonds is 5. The molecule has 0 aliphatic carbocycles. The quantitative estimate of drug-likeness (QED) is 0.689. The minimum atomic E-state index is -0.928. The van der Waals surface area contributed by atoms with Gasteiger partial charge in [-0.3, -0.25) is 9.59 Å². The van der Waals surface area contributed by atoms with Gasteiger partial charge in [-0.05, 0) is 24.6 Å². The number of amides is 1. The largest absolute Gasteiger partial charge is 0.481 e. The number of nitrogens with two attached hydrogens (primary N) is 1. The number of carboxylic acids is 1. The first-order chi connectivity index (χ1) is 8.41. The fraction of sp³-hybridized carbons (Fsp3) is 0.333. The molecule has 1 aromatic carbocycles. The van der Waals surface area contributed by atoms with E-state index in [2.05, 4.69) is 5.32 Å². The second-order valence-corrected chi connectivity index (χ2v) is 4.02. The maximum absolute atomic E-state index is 13.4. The molecule has 0 heterocycles. The van der Waals surface area contributed by atoms with Gasteiger partial charge in [0, 0.05) is 12.2 Å². The van der Waals surface area contributed by atoms with Gasteiger partial charge in [0.1, 0.15) is 5.82 Å². The number of carboxylic acid groups (broad SMARTS) is 1. The lowest BCUT2D eigenvalue weighted by Crippen LogP contribution is -2.27. The molecule has 1 rings (SSSR count). The van der Waals surface area contributed by atoms with Gasteiger partial charge < -0.3 is 16.2 Å². The minimum Gasteiger partial charge on any atom is -0.481 e. The molecule has 0 aliphatic heterocycles. The maximum Gasteiger partial charge on any atom is 0.306 e. The van der Waals surface area contributed by atoms with Gasteiger partial charge in [0.25, 0.3) is 5.91 Å². The SMILES string of the molecule is CC(CCNC(=O)c1ccc(N)cc1F)C(=O)O. The predicted molar refractivity (Wildman–Crippen MR) is 64.6 cm³/mol. The van der Waals surface area contributed by atoms with Crippen LogP contribution in [0.15, 0.2) is 18.2 Å². The molecule has 0 fully saturated rings. The van der Waals surface area contributed by atoms with E-state index in [0.717, 1.165) is 6.07 Å². The lowest BCUT2D eigenvalue weighted by atomic mass is 10.1. The van der Waals surface area contributed by atoms with Crippen molar-refractivity contribution >= 4 is 17.6 Å². The zero-order valence-corrected chi connectivity index (χ0v) is 9.94. The third-order valence-corrected chi connectivity index (χ3v) is 2.52. The van der Waals surface area contributed by atoms with Gasteiger partial charge in [-0.15, -0.1) is 0 Å². The average Bonchev–Trinajstić information content (AvgIpc) is 2.28. The van der Waals surface area contributed by atoms with Crippen molar-refractivity contribution in [2.75, 3.05) is 12.3 Å². The molecule has 0 aromatic heterocycles. The second kappa shape index (κ2) is 6.00. The Hall–Kier alpha value is -2.11. The molecule has 1 amide bonds. The van der Waals surface area contributed by atoms with Crippen LogP contribution < -0.4 is 11.1 Å². The Morgan fingerprint density at radius 1 is 1.50 bits per heavy atom. The zero-order chi connectivity index (χ0) is 13.7. The van der Waals surface area contributed by atoms with Crippen LogP contribution in [-0.4, -0.2) is 23.5 Å². The Morgan fingerprint density at radius 3 is 2.72 bits per heavy atom. The van der Waals surface area contributed by atoms with Crippen molar-refractivity contribution in [2.24, 2.45) is 5.92 Å². The first-order valence-corrected chi connectivity index (χ1v) is 5.48. The van der Waals surface area contributed by atoms with Crippen LogP contribution >= 0.6 is 0 Å². The first kappa shape index (κ1) is 14.0. The predicted octanol–water partition coefficient (Wildman–Crippen LogP) is 1.25. The van der Waals surface area contributed by atoms with Gasteiger partial charge in [-0.1, -0.05) is 6.92 Å². The highest BCUT2D eigenvalue weighted by Crippen LogP contribution is 2.11. The van der Waals surface area contributed by atoms with E-state index in [4.69, 9.17) is 10.8 Å². The summed E-state index contributed by atoms with van der Waals surface area (Å²) >= 11 is 0. The second-order valence-electron chi connectivity index (χ2n) is 4.02. The van der Waals surface area contributed by atoms with Gasteiger partial charge in [-0.25, -0.2) is 4.39 Å². The molecule has 4 N–H and O–H groups in total. The standard InChI is InChI=1S/C12H15FN2O3/c1-7(12(17)18)4-5-15-11(16)9-3-2-8(14)6-10(9)13/h2-3,6-7H,4-5,14H2,1H3,(H,15,16)(H,17,18). The highest BCUT2D eigenvalue weighted by molar-refractivity contribution is 5.94. The van der Waals surface area contributed by atoms with E-state index < -0.39 is 23.6 Å². The van der Waals surface area contributed by atoms with E-state index in [9.17, 15) is 14.0 Å². The molecule has 1 unspecified atom stereocenters. The van der Waals surface area contributed by atoms with Crippen molar-refractivity contribution in [3.05, 3.63) is 29.6 Å². The van der Waals surface area contributed by atoms with E-state index in [0.29, 0.717) is 0 Å². The fourth-order valence-electron chi connectivity index (χ4n) is 1.34. The van der Waals surface area contributed by atoms with Crippen molar-refractivity contribution in [1.82, 2.24) is 5.32 Å². The highest BCUT2D eigenvalue weighted by atomic mass is 19.1. The van der Waals surface area contributed by atoms with Crippen LogP contribution in [0.2, 0.25) is 0 Å². The summed E-state index contributed by atoms with van der Waals surface area (Å²) in [5, 5.41) is 11.1. The zero-order valence-electron chi connectivity index (χ0n) is 9.94. The molecular weight excluding hydrogens is 239 g/mol. The van der Waals surface area contributed by atoms with Gasteiger partial charge in [0.15, 0.2) is 0 Å². The Labute approximate surface area is 104 Å². The highest BCUT2D eigenvalue weighted by Gasteiger charge is 2.14. The maximum atomic E-state index is 13.4. The molecule has 0 radical (unpaired) electrons. The van der Waals surface area contributed by atoms with E-state index in [1.54, 1.807) is 0 Å². The third kappa shape index (κ3) is 3.73. The number of aliphatic carboxylic acids is 1. The van der Waals surface area contributed by atoms with E-state index >= 15 is 0 Å². The summed E-state index contributed by atoms with van der Waals surface area (Å²) in [4.78, 5) is 22.1. The number of benzene rings is 1. The van der Waals surface area contributed by atoms with Crippen LogP contribution in [-0.2, 0) is 4.79 Å². The smallest absolute Gasteiger partial charge is 0.306 e. The number of anilines is 1. The molecule has 1 aromatic rings. The topological polar surface area (TPSA) is 92.4 Å². The Kier molecular flexibility index (Phi) is 4.65. The normalized spacial score (nSPS) is 11.9. The van der Waals surface area contributed by atoms with Crippen LogP contribution in [0, 0.1) is 11.7 Å². The molecule has 18 heavy (non-hydrogen) atoms. The third-order valence-electron chi connectivity index (χ3n) is 2.52. The van der Waals surface area contributed by atoms with Gasteiger partial charge >= 0.3 is 5.97 Å². The van der Waals surface area contributed by atoms with Crippen molar-refractivity contribution in [3.8, 4) is 0 Å². The molecule has 1 atom stereocenters. The van der Waals surface area contributed by atoms with Crippen LogP contribution in [0.5, 0.6) is 0 Å². The van der Waals surface area contributed by atoms with E-state index in [-0.39, 0.29) is 24.2 Å². The number of hydrogen-bond donors (Lipinski definition) is 3. The van der Waals surface area contributed by atoms with Crippen LogP contribution in [0.3, 0.4) is 0 Å². The van der Waals surface area contributed by atoms with Gasteiger partial charge in [-0.2, -0.15) is 0 Å². The van der Waals surface area contributed by atoms with Gasteiger partial charge in [0.2, 0.25) is 0 Å². The molecule has 0 saturated carbocycles. The molecular formula is C12H15FN2O3. The number of nitrogen functional groups attached to an aromatic ring is 1. The molecule has 0 bridgehead atoms.